The standard InChI is InChI=1S/C16H16F3NOS/c1-10(2)14(13-7-4-8-22-13)20-15(21)11-5-3-6-12(9-11)16(17,18)19/h3-10,14H,1-2H3,(H,20,21)/t14-/m1/s1. The zero-order chi connectivity index (χ0) is 16.3. The van der Waals surface area contributed by atoms with E-state index in [1.165, 1.54) is 23.5 Å². The average molecular weight is 327 g/mol. The van der Waals surface area contributed by atoms with Gasteiger partial charge in [-0.05, 0) is 35.6 Å². The smallest absolute Gasteiger partial charge is 0.344 e. The molecule has 1 N–H and O–H groups in total. The van der Waals surface area contributed by atoms with E-state index >= 15 is 0 Å². The van der Waals surface area contributed by atoms with Gasteiger partial charge >= 0.3 is 6.18 Å². The summed E-state index contributed by atoms with van der Waals surface area (Å²) in [4.78, 5) is 13.2. The van der Waals surface area contributed by atoms with E-state index in [9.17, 15) is 18.0 Å². The first-order valence-corrected chi connectivity index (χ1v) is 7.68. The minimum absolute atomic E-state index is 0.0111. The van der Waals surface area contributed by atoms with Crippen LogP contribution in [0.25, 0.3) is 0 Å². The van der Waals surface area contributed by atoms with Gasteiger partial charge in [-0.25, -0.2) is 0 Å². The minimum Gasteiger partial charge on any atom is -0.344 e. The van der Waals surface area contributed by atoms with Crippen LogP contribution in [0.2, 0.25) is 0 Å². The third-order valence-corrected chi connectivity index (χ3v) is 4.21. The van der Waals surface area contributed by atoms with Crippen molar-refractivity contribution in [2.45, 2.75) is 26.1 Å². The molecular formula is C16H16F3NOS. The molecule has 0 radical (unpaired) electrons. The Balaban J connectivity index is 2.21. The summed E-state index contributed by atoms with van der Waals surface area (Å²) in [6.45, 7) is 3.91. The quantitative estimate of drug-likeness (QED) is 0.851. The van der Waals surface area contributed by atoms with E-state index in [0.717, 1.165) is 17.0 Å². The van der Waals surface area contributed by atoms with E-state index in [1.54, 1.807) is 0 Å². The van der Waals surface area contributed by atoms with Crippen molar-refractivity contribution in [3.8, 4) is 0 Å². The molecule has 2 nitrogen and oxygen atoms in total. The Morgan fingerprint density at radius 1 is 1.18 bits per heavy atom. The van der Waals surface area contributed by atoms with Gasteiger partial charge in [-0.15, -0.1) is 11.3 Å². The first kappa shape index (κ1) is 16.5. The van der Waals surface area contributed by atoms with Gasteiger partial charge in [0.1, 0.15) is 0 Å². The second kappa shape index (κ2) is 6.52. The van der Waals surface area contributed by atoms with Crippen molar-refractivity contribution in [2.24, 2.45) is 5.92 Å². The summed E-state index contributed by atoms with van der Waals surface area (Å²) in [5.41, 5.74) is -0.811. The number of carbonyl (C=O) groups excluding carboxylic acids is 1. The van der Waals surface area contributed by atoms with Crippen LogP contribution in [0.3, 0.4) is 0 Å². The van der Waals surface area contributed by atoms with Crippen molar-refractivity contribution in [1.82, 2.24) is 5.32 Å². The monoisotopic (exact) mass is 327 g/mol. The number of benzene rings is 1. The molecule has 0 fully saturated rings. The van der Waals surface area contributed by atoms with Crippen LogP contribution in [-0.4, -0.2) is 5.91 Å². The van der Waals surface area contributed by atoms with Crippen LogP contribution < -0.4 is 5.32 Å². The Morgan fingerprint density at radius 3 is 2.45 bits per heavy atom. The number of rotatable bonds is 4. The summed E-state index contributed by atoms with van der Waals surface area (Å²) >= 11 is 1.51. The summed E-state index contributed by atoms with van der Waals surface area (Å²) in [6, 6.07) is 8.02. The van der Waals surface area contributed by atoms with Gasteiger partial charge in [-0.3, -0.25) is 4.79 Å². The molecule has 0 aliphatic carbocycles. The normalized spacial score (nSPS) is 13.2. The van der Waals surface area contributed by atoms with Crippen molar-refractivity contribution in [2.75, 3.05) is 0 Å². The van der Waals surface area contributed by atoms with Crippen molar-refractivity contribution in [3.63, 3.8) is 0 Å². The summed E-state index contributed by atoms with van der Waals surface area (Å²) in [5.74, 6) is -0.369. The van der Waals surface area contributed by atoms with Crippen LogP contribution in [-0.2, 0) is 6.18 Å². The highest BCUT2D eigenvalue weighted by Gasteiger charge is 2.31. The molecule has 0 unspecified atom stereocenters. The number of amides is 1. The highest BCUT2D eigenvalue weighted by molar-refractivity contribution is 7.10. The number of hydrogen-bond donors (Lipinski definition) is 1. The third kappa shape index (κ3) is 3.88. The molecule has 1 aromatic heterocycles. The average Bonchev–Trinajstić information content (AvgIpc) is 2.97. The maximum Gasteiger partial charge on any atom is 0.416 e. The predicted octanol–water partition coefficient (Wildman–Crippen LogP) is 4.89. The molecule has 0 aliphatic heterocycles. The van der Waals surface area contributed by atoms with Gasteiger partial charge in [0.05, 0.1) is 11.6 Å². The number of thiophene rings is 1. The summed E-state index contributed by atoms with van der Waals surface area (Å²) in [6.07, 6.45) is -4.46. The Labute approximate surface area is 131 Å². The topological polar surface area (TPSA) is 29.1 Å². The van der Waals surface area contributed by atoms with Gasteiger partial charge in [0, 0.05) is 10.4 Å². The Hall–Kier alpha value is -1.82. The van der Waals surface area contributed by atoms with E-state index in [-0.39, 0.29) is 17.5 Å². The van der Waals surface area contributed by atoms with Crippen molar-refractivity contribution < 1.29 is 18.0 Å². The van der Waals surface area contributed by atoms with Gasteiger partial charge in [-0.2, -0.15) is 13.2 Å². The molecule has 0 spiro atoms. The summed E-state index contributed by atoms with van der Waals surface area (Å²) in [7, 11) is 0. The largest absolute Gasteiger partial charge is 0.416 e. The number of hydrogen-bond acceptors (Lipinski definition) is 2. The first-order valence-electron chi connectivity index (χ1n) is 6.80. The third-order valence-electron chi connectivity index (χ3n) is 3.26. The molecule has 6 heteroatoms. The number of alkyl halides is 3. The summed E-state index contributed by atoms with van der Waals surface area (Å²) in [5, 5.41) is 4.72. The zero-order valence-corrected chi connectivity index (χ0v) is 13.0. The fourth-order valence-electron chi connectivity index (χ4n) is 2.10. The lowest BCUT2D eigenvalue weighted by Gasteiger charge is -2.21. The lowest BCUT2D eigenvalue weighted by atomic mass is 10.0. The van der Waals surface area contributed by atoms with Gasteiger partial charge in [0.2, 0.25) is 0 Å². The van der Waals surface area contributed by atoms with E-state index in [0.29, 0.717) is 0 Å². The van der Waals surface area contributed by atoms with E-state index in [4.69, 9.17) is 0 Å². The highest BCUT2D eigenvalue weighted by Crippen LogP contribution is 2.30. The van der Waals surface area contributed by atoms with Crippen molar-refractivity contribution >= 4 is 17.2 Å². The second-order valence-corrected chi connectivity index (χ2v) is 6.27. The molecule has 2 rings (SSSR count). The van der Waals surface area contributed by atoms with Crippen LogP contribution in [0.4, 0.5) is 13.2 Å². The number of halogens is 3. The zero-order valence-electron chi connectivity index (χ0n) is 12.1. The molecule has 118 valence electrons. The predicted molar refractivity (Wildman–Crippen MR) is 80.8 cm³/mol. The number of nitrogens with one attached hydrogen (secondary N) is 1. The molecule has 0 aliphatic rings. The van der Waals surface area contributed by atoms with Gasteiger partial charge in [0.15, 0.2) is 0 Å². The molecule has 1 aromatic carbocycles. The van der Waals surface area contributed by atoms with Crippen LogP contribution in [0, 0.1) is 5.92 Å². The Kier molecular flexibility index (Phi) is 4.90. The number of carbonyl (C=O) groups is 1. The van der Waals surface area contributed by atoms with Crippen LogP contribution in [0.1, 0.15) is 40.7 Å². The van der Waals surface area contributed by atoms with E-state index in [1.807, 2.05) is 31.4 Å². The van der Waals surface area contributed by atoms with Crippen molar-refractivity contribution in [1.29, 1.82) is 0 Å². The molecule has 0 saturated heterocycles. The fraction of sp³-hybridized carbons (Fsp3) is 0.312. The lowest BCUT2D eigenvalue weighted by molar-refractivity contribution is -0.137. The molecule has 0 saturated carbocycles. The van der Waals surface area contributed by atoms with Crippen molar-refractivity contribution in [3.05, 3.63) is 57.8 Å². The maximum absolute atomic E-state index is 12.7. The molecule has 1 heterocycles. The fourth-order valence-corrected chi connectivity index (χ4v) is 3.04. The molecular weight excluding hydrogens is 311 g/mol. The van der Waals surface area contributed by atoms with Crippen LogP contribution in [0.5, 0.6) is 0 Å². The Bertz CT molecular complexity index is 635. The molecule has 1 atom stereocenters. The second-order valence-electron chi connectivity index (χ2n) is 5.29. The van der Waals surface area contributed by atoms with E-state index < -0.39 is 17.6 Å². The first-order chi connectivity index (χ1) is 10.3. The molecule has 22 heavy (non-hydrogen) atoms. The van der Waals surface area contributed by atoms with Crippen LogP contribution >= 0.6 is 11.3 Å². The summed E-state index contributed by atoms with van der Waals surface area (Å²) < 4.78 is 38.1. The maximum atomic E-state index is 12.7. The molecule has 2 aromatic rings. The molecule has 0 bridgehead atoms. The van der Waals surface area contributed by atoms with Gasteiger partial charge in [-0.1, -0.05) is 26.0 Å². The van der Waals surface area contributed by atoms with E-state index in [2.05, 4.69) is 5.32 Å². The lowest BCUT2D eigenvalue weighted by Crippen LogP contribution is -2.31. The van der Waals surface area contributed by atoms with Gasteiger partial charge < -0.3 is 5.32 Å². The SMILES string of the molecule is CC(C)[C@@H](NC(=O)c1cccc(C(F)(F)F)c1)c1cccs1. The molecule has 1 amide bonds. The Morgan fingerprint density at radius 2 is 1.91 bits per heavy atom. The highest BCUT2D eigenvalue weighted by atomic mass is 32.1. The minimum atomic E-state index is -4.46. The van der Waals surface area contributed by atoms with Gasteiger partial charge in [0.25, 0.3) is 5.91 Å². The van der Waals surface area contributed by atoms with Crippen LogP contribution in [0.15, 0.2) is 41.8 Å².